The Hall–Kier alpha value is -1.07. The molecule has 1 aliphatic rings. The molecular weight excluding hydrogens is 304 g/mol. The minimum Gasteiger partial charge on any atom is -0.505 e. The van der Waals surface area contributed by atoms with Crippen LogP contribution in [0.1, 0.15) is 18.9 Å². The minimum atomic E-state index is -4.59. The van der Waals surface area contributed by atoms with Crippen molar-refractivity contribution in [3.63, 3.8) is 0 Å². The summed E-state index contributed by atoms with van der Waals surface area (Å²) in [5, 5.41) is 9.19. The van der Waals surface area contributed by atoms with Crippen molar-refractivity contribution in [2.75, 3.05) is 0 Å². The SMILES string of the molecule is CCC1(C(F)(F)F)C=Cc2cc(Cl)c(O)c(Cl)c2O1. The summed E-state index contributed by atoms with van der Waals surface area (Å²) in [6.45, 7) is 1.35. The number of hydrogen-bond donors (Lipinski definition) is 1. The van der Waals surface area contributed by atoms with Crippen LogP contribution in [0.25, 0.3) is 6.08 Å². The molecule has 104 valence electrons. The van der Waals surface area contributed by atoms with Crippen molar-refractivity contribution in [2.24, 2.45) is 0 Å². The normalized spacial score (nSPS) is 22.0. The molecule has 0 aliphatic carbocycles. The highest BCUT2D eigenvalue weighted by molar-refractivity contribution is 6.38. The van der Waals surface area contributed by atoms with Gasteiger partial charge in [0.1, 0.15) is 5.02 Å². The number of benzene rings is 1. The second-order valence-corrected chi connectivity index (χ2v) is 4.90. The molecule has 0 radical (unpaired) electrons. The summed E-state index contributed by atoms with van der Waals surface area (Å²) in [7, 11) is 0. The molecule has 0 saturated heterocycles. The summed E-state index contributed by atoms with van der Waals surface area (Å²) in [6, 6.07) is 1.30. The van der Waals surface area contributed by atoms with Gasteiger partial charge in [0.25, 0.3) is 0 Å². The van der Waals surface area contributed by atoms with Gasteiger partial charge in [-0.2, -0.15) is 13.2 Å². The van der Waals surface area contributed by atoms with E-state index in [0.717, 1.165) is 6.08 Å². The molecule has 1 aromatic rings. The summed E-state index contributed by atoms with van der Waals surface area (Å²) in [5.74, 6) is -0.713. The zero-order valence-corrected chi connectivity index (χ0v) is 11.2. The summed E-state index contributed by atoms with van der Waals surface area (Å²) < 4.78 is 44.3. The van der Waals surface area contributed by atoms with E-state index in [1.807, 2.05) is 0 Å². The lowest BCUT2D eigenvalue weighted by atomic mass is 9.94. The molecule has 19 heavy (non-hydrogen) atoms. The number of hydrogen-bond acceptors (Lipinski definition) is 2. The highest BCUT2D eigenvalue weighted by Gasteiger charge is 2.55. The standard InChI is InChI=1S/C12H9Cl2F3O2/c1-2-11(12(15,16)17)4-3-6-5-7(13)9(18)8(14)10(6)19-11/h3-5,18H,2H2,1H3. The van der Waals surface area contributed by atoms with Crippen molar-refractivity contribution in [2.45, 2.75) is 25.1 Å². The van der Waals surface area contributed by atoms with Crippen LogP contribution < -0.4 is 4.74 Å². The van der Waals surface area contributed by atoms with E-state index in [1.165, 1.54) is 19.1 Å². The van der Waals surface area contributed by atoms with Gasteiger partial charge in [-0.1, -0.05) is 36.2 Å². The highest BCUT2D eigenvalue weighted by atomic mass is 35.5. The molecule has 2 rings (SSSR count). The van der Waals surface area contributed by atoms with Crippen LogP contribution in [0, 0.1) is 0 Å². The average Bonchev–Trinajstić information content (AvgIpc) is 2.34. The molecular formula is C12H9Cl2F3O2. The smallest absolute Gasteiger partial charge is 0.432 e. The topological polar surface area (TPSA) is 29.5 Å². The van der Waals surface area contributed by atoms with Crippen LogP contribution in [0.15, 0.2) is 12.1 Å². The maximum Gasteiger partial charge on any atom is 0.432 e. The van der Waals surface area contributed by atoms with Gasteiger partial charge in [-0.15, -0.1) is 0 Å². The highest BCUT2D eigenvalue weighted by Crippen LogP contribution is 2.49. The van der Waals surface area contributed by atoms with Gasteiger partial charge in [0.2, 0.25) is 5.60 Å². The van der Waals surface area contributed by atoms with Gasteiger partial charge in [-0.05, 0) is 18.6 Å². The summed E-state index contributed by atoms with van der Waals surface area (Å²) in [5.41, 5.74) is -2.15. The quantitative estimate of drug-likeness (QED) is 0.806. The third-order valence-corrected chi connectivity index (χ3v) is 3.64. The molecule has 0 amide bonds. The third-order valence-electron chi connectivity index (χ3n) is 3.00. The van der Waals surface area contributed by atoms with E-state index in [4.69, 9.17) is 27.9 Å². The van der Waals surface area contributed by atoms with Crippen LogP contribution >= 0.6 is 23.2 Å². The summed E-state index contributed by atoms with van der Waals surface area (Å²) in [6.07, 6.45) is -2.73. The van der Waals surface area contributed by atoms with E-state index >= 15 is 0 Å². The fourth-order valence-electron chi connectivity index (χ4n) is 1.82. The van der Waals surface area contributed by atoms with Gasteiger partial charge in [0, 0.05) is 5.56 Å². The van der Waals surface area contributed by atoms with Gasteiger partial charge in [-0.3, -0.25) is 0 Å². The molecule has 0 saturated carbocycles. The molecule has 1 unspecified atom stereocenters. The van der Waals surface area contributed by atoms with Crippen LogP contribution in [0.4, 0.5) is 13.2 Å². The van der Waals surface area contributed by atoms with Gasteiger partial charge in [-0.25, -0.2) is 0 Å². The van der Waals surface area contributed by atoms with Crippen molar-refractivity contribution in [1.82, 2.24) is 0 Å². The van der Waals surface area contributed by atoms with Crippen LogP contribution in [0.2, 0.25) is 10.0 Å². The molecule has 0 bridgehead atoms. The Morgan fingerprint density at radius 3 is 2.53 bits per heavy atom. The van der Waals surface area contributed by atoms with Crippen molar-refractivity contribution in [3.05, 3.63) is 27.8 Å². The van der Waals surface area contributed by atoms with E-state index in [9.17, 15) is 18.3 Å². The van der Waals surface area contributed by atoms with Gasteiger partial charge in [0.15, 0.2) is 11.5 Å². The molecule has 1 aromatic carbocycles. The molecule has 0 aromatic heterocycles. The lowest BCUT2D eigenvalue weighted by Crippen LogP contribution is -2.49. The lowest BCUT2D eigenvalue weighted by molar-refractivity contribution is -0.230. The largest absolute Gasteiger partial charge is 0.505 e. The minimum absolute atomic E-state index is 0.0481. The van der Waals surface area contributed by atoms with Crippen LogP contribution in [-0.4, -0.2) is 16.9 Å². The van der Waals surface area contributed by atoms with Crippen molar-refractivity contribution < 1.29 is 23.0 Å². The Kier molecular flexibility index (Phi) is 3.39. The molecule has 1 aliphatic heterocycles. The Bertz CT molecular complexity index is 555. The first-order valence-electron chi connectivity index (χ1n) is 5.38. The number of halogens is 5. The number of phenols is 1. The Labute approximate surface area is 117 Å². The third kappa shape index (κ3) is 2.15. The Morgan fingerprint density at radius 2 is 2.00 bits per heavy atom. The van der Waals surface area contributed by atoms with Gasteiger partial charge < -0.3 is 9.84 Å². The average molecular weight is 313 g/mol. The fraction of sp³-hybridized carbons (Fsp3) is 0.333. The molecule has 0 fully saturated rings. The van der Waals surface area contributed by atoms with Crippen molar-refractivity contribution in [3.8, 4) is 11.5 Å². The van der Waals surface area contributed by atoms with E-state index in [-0.39, 0.29) is 22.2 Å². The number of fused-ring (bicyclic) bond motifs is 1. The van der Waals surface area contributed by atoms with Crippen molar-refractivity contribution in [1.29, 1.82) is 0 Å². The van der Waals surface area contributed by atoms with E-state index in [0.29, 0.717) is 5.56 Å². The molecule has 1 heterocycles. The first-order chi connectivity index (χ1) is 8.72. The monoisotopic (exact) mass is 312 g/mol. The summed E-state index contributed by atoms with van der Waals surface area (Å²) in [4.78, 5) is 0. The number of phenolic OH excluding ortho intramolecular Hbond substituents is 1. The number of ether oxygens (including phenoxy) is 1. The first kappa shape index (κ1) is 14.3. The van der Waals surface area contributed by atoms with Gasteiger partial charge in [0.05, 0.1) is 5.02 Å². The predicted molar refractivity (Wildman–Crippen MR) is 66.9 cm³/mol. The zero-order valence-electron chi connectivity index (χ0n) is 9.68. The molecule has 1 atom stereocenters. The first-order valence-corrected chi connectivity index (χ1v) is 6.13. The maximum absolute atomic E-state index is 13.1. The zero-order chi connectivity index (χ0) is 14.4. The number of rotatable bonds is 1. The number of aromatic hydroxyl groups is 1. The maximum atomic E-state index is 13.1. The second kappa shape index (κ2) is 4.49. The van der Waals surface area contributed by atoms with Crippen LogP contribution in [-0.2, 0) is 0 Å². The second-order valence-electron chi connectivity index (χ2n) is 4.12. The number of alkyl halides is 3. The van der Waals surface area contributed by atoms with E-state index < -0.39 is 17.5 Å². The fourth-order valence-corrected chi connectivity index (χ4v) is 2.33. The van der Waals surface area contributed by atoms with Crippen LogP contribution in [0.3, 0.4) is 0 Å². The molecule has 2 nitrogen and oxygen atoms in total. The van der Waals surface area contributed by atoms with E-state index in [1.54, 1.807) is 0 Å². The Morgan fingerprint density at radius 1 is 1.37 bits per heavy atom. The predicted octanol–water partition coefficient (Wildman–Crippen LogP) is 4.82. The Balaban J connectivity index is 2.59. The summed E-state index contributed by atoms with van der Waals surface area (Å²) >= 11 is 11.5. The molecule has 1 N–H and O–H groups in total. The molecule has 0 spiro atoms. The molecule has 7 heteroatoms. The van der Waals surface area contributed by atoms with Crippen LogP contribution in [0.5, 0.6) is 11.5 Å². The van der Waals surface area contributed by atoms with E-state index in [2.05, 4.69) is 0 Å². The van der Waals surface area contributed by atoms with Crippen molar-refractivity contribution >= 4 is 29.3 Å². The lowest BCUT2D eigenvalue weighted by Gasteiger charge is -2.36. The van der Waals surface area contributed by atoms with Gasteiger partial charge >= 0.3 is 6.18 Å².